The number of benzene rings is 2. The Labute approximate surface area is 183 Å². The Hall–Kier alpha value is -3.67. The minimum absolute atomic E-state index is 0.112. The molecule has 0 aromatic heterocycles. The van der Waals surface area contributed by atoms with Crippen molar-refractivity contribution in [2.45, 2.75) is 19.1 Å². The lowest BCUT2D eigenvalue weighted by molar-refractivity contribution is -0.384. The lowest BCUT2D eigenvalue weighted by Crippen LogP contribution is -2.40. The highest BCUT2D eigenvalue weighted by Crippen LogP contribution is 2.34. The second-order valence-electron chi connectivity index (χ2n) is 6.32. The zero-order valence-electron chi connectivity index (χ0n) is 16.2. The molecule has 1 atom stereocenters. The molecular formula is C19H15ClF3N3O6. The average Bonchev–Trinajstić information content (AvgIpc) is 2.71. The van der Waals surface area contributed by atoms with Crippen molar-refractivity contribution >= 4 is 40.8 Å². The van der Waals surface area contributed by atoms with E-state index in [1.54, 1.807) is 12.1 Å². The molecule has 9 nitrogen and oxygen atoms in total. The Morgan fingerprint density at radius 1 is 1.19 bits per heavy atom. The first-order valence-corrected chi connectivity index (χ1v) is 9.15. The van der Waals surface area contributed by atoms with Gasteiger partial charge in [-0.05, 0) is 31.2 Å². The zero-order valence-corrected chi connectivity index (χ0v) is 17.0. The van der Waals surface area contributed by atoms with Crippen molar-refractivity contribution in [3.8, 4) is 0 Å². The molecule has 32 heavy (non-hydrogen) atoms. The highest BCUT2D eigenvalue weighted by molar-refractivity contribution is 6.33. The van der Waals surface area contributed by atoms with Crippen LogP contribution in [0.4, 0.5) is 24.5 Å². The Balaban J connectivity index is 1.96. The number of rotatable bonds is 7. The summed E-state index contributed by atoms with van der Waals surface area (Å²) >= 11 is 5.89. The molecule has 0 saturated heterocycles. The van der Waals surface area contributed by atoms with Crippen molar-refractivity contribution in [1.82, 2.24) is 5.32 Å². The molecule has 0 aliphatic carbocycles. The summed E-state index contributed by atoms with van der Waals surface area (Å²) in [6.45, 7) is 0.388. The second-order valence-corrected chi connectivity index (χ2v) is 6.72. The molecule has 2 N–H and O–H groups in total. The molecule has 0 unspecified atom stereocenters. The molecule has 2 rings (SSSR count). The summed E-state index contributed by atoms with van der Waals surface area (Å²) in [6, 6.07) is 6.45. The summed E-state index contributed by atoms with van der Waals surface area (Å²) in [7, 11) is 0. The van der Waals surface area contributed by atoms with Gasteiger partial charge < -0.3 is 15.4 Å². The van der Waals surface area contributed by atoms with Crippen molar-refractivity contribution in [2.24, 2.45) is 0 Å². The molecule has 0 radical (unpaired) electrons. The molecule has 170 valence electrons. The third-order valence-corrected chi connectivity index (χ3v) is 4.29. The highest BCUT2D eigenvalue weighted by atomic mass is 35.5. The van der Waals surface area contributed by atoms with Crippen molar-refractivity contribution < 1.29 is 37.2 Å². The van der Waals surface area contributed by atoms with Gasteiger partial charge >= 0.3 is 12.1 Å². The minimum Gasteiger partial charge on any atom is -0.454 e. The van der Waals surface area contributed by atoms with Crippen LogP contribution < -0.4 is 10.6 Å². The molecular weight excluding hydrogens is 459 g/mol. The van der Waals surface area contributed by atoms with Gasteiger partial charge in [-0.15, -0.1) is 0 Å². The largest absolute Gasteiger partial charge is 0.454 e. The topological polar surface area (TPSA) is 128 Å². The van der Waals surface area contributed by atoms with Gasteiger partial charge in [0.2, 0.25) is 0 Å². The van der Waals surface area contributed by atoms with Gasteiger partial charge in [0.15, 0.2) is 6.61 Å². The molecule has 0 heterocycles. The second kappa shape index (κ2) is 10.1. The summed E-state index contributed by atoms with van der Waals surface area (Å²) in [6.07, 6.45) is -4.81. The Bertz CT molecular complexity index is 1060. The predicted octanol–water partition coefficient (Wildman–Crippen LogP) is 3.57. The van der Waals surface area contributed by atoms with Gasteiger partial charge in [0.1, 0.15) is 11.7 Å². The first kappa shape index (κ1) is 24.6. The maximum Gasteiger partial charge on any atom is 0.416 e. The number of carbonyl (C=O) groups is 3. The van der Waals surface area contributed by atoms with E-state index in [0.29, 0.717) is 12.1 Å². The molecule has 0 saturated carbocycles. The first-order valence-electron chi connectivity index (χ1n) is 8.77. The van der Waals surface area contributed by atoms with Gasteiger partial charge in [-0.1, -0.05) is 23.7 Å². The number of amides is 2. The summed E-state index contributed by atoms with van der Waals surface area (Å²) in [5.41, 5.74) is -2.65. The van der Waals surface area contributed by atoms with E-state index in [0.717, 1.165) is 0 Å². The van der Waals surface area contributed by atoms with Crippen LogP contribution in [0.3, 0.4) is 0 Å². The van der Waals surface area contributed by atoms with Gasteiger partial charge in [0.25, 0.3) is 17.5 Å². The number of hydrogen-bond acceptors (Lipinski definition) is 6. The maximum absolute atomic E-state index is 12.7. The van der Waals surface area contributed by atoms with E-state index in [2.05, 4.69) is 5.32 Å². The number of anilines is 1. The van der Waals surface area contributed by atoms with Crippen molar-refractivity contribution in [3.05, 3.63) is 68.7 Å². The van der Waals surface area contributed by atoms with Crippen LogP contribution in [0.2, 0.25) is 5.02 Å². The molecule has 13 heteroatoms. The number of nitrogens with one attached hydrogen (secondary N) is 2. The van der Waals surface area contributed by atoms with Crippen LogP contribution in [0, 0.1) is 10.1 Å². The Morgan fingerprint density at radius 2 is 1.84 bits per heavy atom. The maximum atomic E-state index is 12.7. The number of nitro benzene ring substituents is 1. The Morgan fingerprint density at radius 3 is 2.44 bits per heavy atom. The van der Waals surface area contributed by atoms with E-state index in [9.17, 15) is 37.7 Å². The SMILES string of the molecule is C[C@@H](NC(=O)c1ccccc1Cl)C(=O)OCC(=O)Nc1ccc(C(F)(F)F)cc1[N+](=O)[O-]. The predicted molar refractivity (Wildman–Crippen MR) is 106 cm³/mol. The molecule has 2 aromatic rings. The number of nitrogens with zero attached hydrogens (tertiary/aromatic N) is 1. The van der Waals surface area contributed by atoms with Gasteiger partial charge in [-0.25, -0.2) is 4.79 Å². The van der Waals surface area contributed by atoms with Crippen LogP contribution in [0.5, 0.6) is 0 Å². The summed E-state index contributed by atoms with van der Waals surface area (Å²) in [5, 5.41) is 15.5. The number of carbonyl (C=O) groups excluding carboxylic acids is 3. The number of halogens is 4. The normalized spacial score (nSPS) is 11.9. The minimum atomic E-state index is -4.81. The van der Waals surface area contributed by atoms with Gasteiger partial charge in [0.05, 0.1) is 21.1 Å². The lowest BCUT2D eigenvalue weighted by Gasteiger charge is -2.14. The van der Waals surface area contributed by atoms with Crippen LogP contribution in [-0.2, 0) is 20.5 Å². The van der Waals surface area contributed by atoms with E-state index in [4.69, 9.17) is 16.3 Å². The first-order chi connectivity index (χ1) is 14.9. The average molecular weight is 474 g/mol. The third-order valence-electron chi connectivity index (χ3n) is 3.96. The van der Waals surface area contributed by atoms with E-state index >= 15 is 0 Å². The lowest BCUT2D eigenvalue weighted by atomic mass is 10.1. The number of nitro groups is 1. The van der Waals surface area contributed by atoms with E-state index in [-0.39, 0.29) is 16.7 Å². The van der Waals surface area contributed by atoms with E-state index in [1.165, 1.54) is 19.1 Å². The van der Waals surface area contributed by atoms with Gasteiger partial charge in [-0.3, -0.25) is 19.7 Å². The molecule has 0 aliphatic rings. The number of alkyl halides is 3. The summed E-state index contributed by atoms with van der Waals surface area (Å²) in [5.74, 6) is -2.70. The van der Waals surface area contributed by atoms with E-state index in [1.807, 2.05) is 5.32 Å². The fourth-order valence-electron chi connectivity index (χ4n) is 2.39. The monoisotopic (exact) mass is 473 g/mol. The molecule has 0 aliphatic heterocycles. The highest BCUT2D eigenvalue weighted by Gasteiger charge is 2.33. The van der Waals surface area contributed by atoms with Crippen LogP contribution in [-0.4, -0.2) is 35.4 Å². The molecule has 2 amide bonds. The van der Waals surface area contributed by atoms with Crippen LogP contribution in [0.1, 0.15) is 22.8 Å². The van der Waals surface area contributed by atoms with Crippen molar-refractivity contribution in [1.29, 1.82) is 0 Å². The number of hydrogen-bond donors (Lipinski definition) is 2. The fourth-order valence-corrected chi connectivity index (χ4v) is 2.61. The van der Waals surface area contributed by atoms with Crippen LogP contribution in [0.25, 0.3) is 0 Å². The standard InChI is InChI=1S/C19H15ClF3N3O6/c1-10(24-17(28)12-4-2-3-5-13(12)20)18(29)32-9-16(27)25-14-7-6-11(19(21,22)23)8-15(14)26(30)31/h2-8,10H,9H2,1H3,(H,24,28)(H,25,27)/t10-/m1/s1. The Kier molecular flexibility index (Phi) is 7.76. The van der Waals surface area contributed by atoms with Gasteiger partial charge in [-0.2, -0.15) is 13.2 Å². The zero-order chi connectivity index (χ0) is 24.1. The fraction of sp³-hybridized carbons (Fsp3) is 0.211. The quantitative estimate of drug-likeness (QED) is 0.359. The van der Waals surface area contributed by atoms with Crippen LogP contribution in [0.15, 0.2) is 42.5 Å². The van der Waals surface area contributed by atoms with E-state index < -0.39 is 58.5 Å². The number of esters is 1. The van der Waals surface area contributed by atoms with Crippen LogP contribution >= 0.6 is 11.6 Å². The molecule has 2 aromatic carbocycles. The molecule has 0 fully saturated rings. The smallest absolute Gasteiger partial charge is 0.416 e. The summed E-state index contributed by atoms with van der Waals surface area (Å²) in [4.78, 5) is 46.0. The molecule has 0 spiro atoms. The van der Waals surface area contributed by atoms with Crippen molar-refractivity contribution in [3.63, 3.8) is 0 Å². The number of ether oxygens (including phenoxy) is 1. The van der Waals surface area contributed by atoms with Gasteiger partial charge in [0, 0.05) is 6.07 Å². The summed E-state index contributed by atoms with van der Waals surface area (Å²) < 4.78 is 42.9. The molecule has 0 bridgehead atoms. The van der Waals surface area contributed by atoms with Crippen molar-refractivity contribution in [2.75, 3.05) is 11.9 Å². The third kappa shape index (κ3) is 6.41.